The van der Waals surface area contributed by atoms with Crippen molar-refractivity contribution in [1.29, 1.82) is 0 Å². The second-order valence-electron chi connectivity index (χ2n) is 7.16. The van der Waals surface area contributed by atoms with E-state index in [2.05, 4.69) is 10.2 Å². The average Bonchev–Trinajstić information content (AvgIpc) is 2.76. The monoisotopic (exact) mass is 519 g/mol. The largest absolute Gasteiger partial charge is 0.507 e. The average molecular weight is 519 g/mol. The van der Waals surface area contributed by atoms with E-state index in [0.29, 0.717) is 6.07 Å². The second kappa shape index (κ2) is 8.24. The van der Waals surface area contributed by atoms with Gasteiger partial charge in [-0.1, -0.05) is 12.1 Å². The van der Waals surface area contributed by atoms with E-state index in [-0.39, 0.29) is 32.9 Å². The third-order valence-electron chi connectivity index (χ3n) is 5.02. The molecule has 0 saturated carbocycles. The van der Waals surface area contributed by atoms with Gasteiger partial charge in [0.05, 0.1) is 16.0 Å². The van der Waals surface area contributed by atoms with Gasteiger partial charge in [-0.2, -0.15) is 16.8 Å². The summed E-state index contributed by atoms with van der Waals surface area (Å²) in [7, 11) is -9.55. The number of azo groups is 1. The summed E-state index contributed by atoms with van der Waals surface area (Å²) >= 11 is 0. The van der Waals surface area contributed by atoms with Crippen molar-refractivity contribution < 1.29 is 41.1 Å². The van der Waals surface area contributed by atoms with Gasteiger partial charge in [-0.05, 0) is 24.3 Å². The lowest BCUT2D eigenvalue weighted by Crippen LogP contribution is -2.00. The number of benzene rings is 4. The van der Waals surface area contributed by atoms with Gasteiger partial charge < -0.3 is 10.2 Å². The van der Waals surface area contributed by atoms with Gasteiger partial charge in [0.2, 0.25) is 0 Å². The lowest BCUT2D eigenvalue weighted by atomic mass is 10.1. The number of non-ortho nitro benzene ring substituents is 1. The Hall–Kier alpha value is -4.18. The molecule has 0 atom stereocenters. The first-order chi connectivity index (χ1) is 16.3. The molecule has 0 heterocycles. The van der Waals surface area contributed by atoms with E-state index >= 15 is 0 Å². The summed E-state index contributed by atoms with van der Waals surface area (Å²) in [5.74, 6) is -1.14. The summed E-state index contributed by atoms with van der Waals surface area (Å²) in [6.07, 6.45) is 0. The minimum atomic E-state index is -4.90. The van der Waals surface area contributed by atoms with Crippen molar-refractivity contribution >= 4 is 58.8 Å². The lowest BCUT2D eigenvalue weighted by molar-refractivity contribution is -0.384. The minimum absolute atomic E-state index is 0.0737. The van der Waals surface area contributed by atoms with Crippen LogP contribution in [0.4, 0.5) is 17.1 Å². The highest BCUT2D eigenvalue weighted by molar-refractivity contribution is 7.86. The highest BCUT2D eigenvalue weighted by Crippen LogP contribution is 2.43. The van der Waals surface area contributed by atoms with Gasteiger partial charge in [0.25, 0.3) is 25.9 Å². The SMILES string of the molecule is O=[N+]([O-])c1ccc2c(N=Nc3ccc(S(=O)(=O)O)c4cccc(O)c34)c(O)cc(S(=O)(=O)O)c2c1. The maximum absolute atomic E-state index is 11.8. The van der Waals surface area contributed by atoms with Gasteiger partial charge in [0.1, 0.15) is 27.0 Å². The summed E-state index contributed by atoms with van der Waals surface area (Å²) < 4.78 is 66.0. The fraction of sp³-hybridized carbons (Fsp3) is 0. The maximum Gasteiger partial charge on any atom is 0.295 e. The van der Waals surface area contributed by atoms with Crippen LogP contribution in [0.25, 0.3) is 21.5 Å². The first kappa shape index (κ1) is 24.0. The van der Waals surface area contributed by atoms with Crippen LogP contribution in [-0.2, 0) is 20.2 Å². The van der Waals surface area contributed by atoms with Crippen molar-refractivity contribution in [2.45, 2.75) is 9.79 Å². The standard InChI is InChI=1S/C20H13N3O10S2/c24-15-3-1-2-12-17(34(28,29)30)7-6-14(19(12)15)21-22-20-11-5-4-10(23(26)27)8-13(11)18(9-16(20)25)35(31,32)33/h1-9,24-25H,(H,28,29,30)(H,31,32,33). The number of rotatable bonds is 5. The first-order valence-electron chi connectivity index (χ1n) is 9.34. The zero-order valence-electron chi connectivity index (χ0n) is 17.1. The number of nitro benzene ring substituents is 1. The van der Waals surface area contributed by atoms with Crippen molar-refractivity contribution in [2.75, 3.05) is 0 Å². The summed E-state index contributed by atoms with van der Waals surface area (Å²) in [5, 5.41) is 39.1. The molecule has 0 radical (unpaired) electrons. The topological polar surface area (TPSA) is 217 Å². The fourth-order valence-corrected chi connectivity index (χ4v) is 4.93. The summed E-state index contributed by atoms with van der Waals surface area (Å²) in [6, 6.07) is 9.69. The molecule has 15 heteroatoms. The van der Waals surface area contributed by atoms with E-state index in [1.165, 1.54) is 18.2 Å². The molecule has 0 aromatic heterocycles. The Morgan fingerprint density at radius 1 is 0.743 bits per heavy atom. The third kappa shape index (κ3) is 4.35. The molecule has 0 spiro atoms. The quantitative estimate of drug-likeness (QED) is 0.127. The Balaban J connectivity index is 1.99. The van der Waals surface area contributed by atoms with Crippen LogP contribution in [0.15, 0.2) is 74.6 Å². The van der Waals surface area contributed by atoms with Crippen LogP contribution < -0.4 is 0 Å². The van der Waals surface area contributed by atoms with E-state index in [1.54, 1.807) is 0 Å². The number of aromatic hydroxyl groups is 2. The normalized spacial score (nSPS) is 12.5. The number of hydrogen-bond donors (Lipinski definition) is 4. The summed E-state index contributed by atoms with van der Waals surface area (Å²) in [5.41, 5.74) is -0.906. The molecule has 0 saturated heterocycles. The van der Waals surface area contributed by atoms with E-state index in [1.807, 2.05) is 0 Å². The van der Waals surface area contributed by atoms with Crippen LogP contribution in [0.3, 0.4) is 0 Å². The highest BCUT2D eigenvalue weighted by atomic mass is 32.2. The van der Waals surface area contributed by atoms with Gasteiger partial charge >= 0.3 is 0 Å². The molecule has 0 aliphatic carbocycles. The summed E-state index contributed by atoms with van der Waals surface area (Å²) in [4.78, 5) is 9.06. The molecule has 4 rings (SSSR count). The van der Waals surface area contributed by atoms with E-state index in [9.17, 15) is 46.3 Å². The van der Waals surface area contributed by atoms with Gasteiger partial charge in [0.15, 0.2) is 0 Å². The Labute approximate surface area is 196 Å². The molecule has 0 fully saturated rings. The number of hydrogen-bond acceptors (Lipinski definition) is 10. The first-order valence-corrected chi connectivity index (χ1v) is 12.2. The predicted octanol–water partition coefficient (Wildman–Crippen LogP) is 4.22. The molecular formula is C20H13N3O10S2. The smallest absolute Gasteiger partial charge is 0.295 e. The predicted molar refractivity (Wildman–Crippen MR) is 122 cm³/mol. The van der Waals surface area contributed by atoms with E-state index < -0.39 is 52.1 Å². The molecule has 4 aromatic rings. The molecule has 180 valence electrons. The fourth-order valence-electron chi connectivity index (χ4n) is 3.54. The molecular weight excluding hydrogens is 506 g/mol. The number of phenolic OH excluding ortho intramolecular Hbond substituents is 2. The van der Waals surface area contributed by atoms with Crippen molar-refractivity contribution in [1.82, 2.24) is 0 Å². The van der Waals surface area contributed by atoms with Gasteiger partial charge in [-0.25, -0.2) is 0 Å². The Morgan fingerprint density at radius 2 is 1.43 bits per heavy atom. The van der Waals surface area contributed by atoms with Crippen LogP contribution in [0.5, 0.6) is 11.5 Å². The molecule has 0 unspecified atom stereocenters. The van der Waals surface area contributed by atoms with Crippen molar-refractivity contribution in [2.24, 2.45) is 10.2 Å². The van der Waals surface area contributed by atoms with Gasteiger partial charge in [-0.15, -0.1) is 10.2 Å². The molecule has 0 amide bonds. The van der Waals surface area contributed by atoms with Crippen molar-refractivity contribution in [3.63, 3.8) is 0 Å². The van der Waals surface area contributed by atoms with Gasteiger partial charge in [0, 0.05) is 34.4 Å². The Kier molecular flexibility index (Phi) is 5.64. The minimum Gasteiger partial charge on any atom is -0.507 e. The third-order valence-corrected chi connectivity index (χ3v) is 6.82. The lowest BCUT2D eigenvalue weighted by Gasteiger charge is -2.10. The number of fused-ring (bicyclic) bond motifs is 2. The van der Waals surface area contributed by atoms with Crippen LogP contribution in [0.2, 0.25) is 0 Å². The number of phenols is 2. The Bertz CT molecular complexity index is 1800. The second-order valence-corrected chi connectivity index (χ2v) is 9.94. The highest BCUT2D eigenvalue weighted by Gasteiger charge is 2.23. The molecule has 13 nitrogen and oxygen atoms in total. The maximum atomic E-state index is 11.8. The molecule has 4 aromatic carbocycles. The van der Waals surface area contributed by atoms with Gasteiger partial charge in [-0.3, -0.25) is 19.2 Å². The van der Waals surface area contributed by atoms with Crippen LogP contribution >= 0.6 is 0 Å². The van der Waals surface area contributed by atoms with E-state index in [4.69, 9.17) is 0 Å². The molecule has 35 heavy (non-hydrogen) atoms. The molecule has 4 N–H and O–H groups in total. The van der Waals surface area contributed by atoms with Crippen LogP contribution in [0, 0.1) is 10.1 Å². The molecule has 0 bridgehead atoms. The van der Waals surface area contributed by atoms with Crippen LogP contribution in [0.1, 0.15) is 0 Å². The molecule has 0 aliphatic heterocycles. The zero-order valence-corrected chi connectivity index (χ0v) is 18.7. The van der Waals surface area contributed by atoms with Crippen molar-refractivity contribution in [3.8, 4) is 11.5 Å². The Morgan fingerprint density at radius 3 is 2.06 bits per heavy atom. The summed E-state index contributed by atoms with van der Waals surface area (Å²) in [6.45, 7) is 0. The number of nitro groups is 1. The van der Waals surface area contributed by atoms with Crippen molar-refractivity contribution in [3.05, 3.63) is 64.7 Å². The van der Waals surface area contributed by atoms with E-state index in [0.717, 1.165) is 30.3 Å². The number of nitrogens with zero attached hydrogens (tertiary/aromatic N) is 3. The van der Waals surface area contributed by atoms with Crippen LogP contribution in [-0.4, -0.2) is 41.1 Å². The molecule has 0 aliphatic rings. The zero-order chi connectivity index (χ0) is 25.7.